The first-order valence-electron chi connectivity index (χ1n) is 11.3. The van der Waals surface area contributed by atoms with E-state index in [1.807, 2.05) is 46.0 Å². The van der Waals surface area contributed by atoms with E-state index in [4.69, 9.17) is 9.47 Å². The van der Waals surface area contributed by atoms with Crippen LogP contribution in [0.4, 0.5) is 10.1 Å². The van der Waals surface area contributed by atoms with Crippen LogP contribution >= 0.6 is 0 Å². The monoisotopic (exact) mass is 467 g/mol. The lowest BCUT2D eigenvalue weighted by atomic mass is 9.86. The van der Waals surface area contributed by atoms with Crippen molar-refractivity contribution >= 4 is 11.7 Å². The number of carbonyl (C=O) groups excluding carboxylic acids is 1. The second-order valence-corrected chi connectivity index (χ2v) is 9.58. The number of hydrogen-bond donors (Lipinski definition) is 0. The molecule has 3 aromatic rings. The van der Waals surface area contributed by atoms with Crippen molar-refractivity contribution in [2.75, 3.05) is 19.1 Å². The first-order valence-corrected chi connectivity index (χ1v) is 11.3. The predicted octanol–water partition coefficient (Wildman–Crippen LogP) is 4.15. The van der Waals surface area contributed by atoms with Crippen molar-refractivity contribution < 1.29 is 18.7 Å². The highest BCUT2D eigenvalue weighted by Crippen LogP contribution is 2.46. The Morgan fingerprint density at radius 3 is 2.50 bits per heavy atom. The second-order valence-electron chi connectivity index (χ2n) is 9.58. The Hall–Kier alpha value is -3.49. The standard InChI is InChI=1S/C25H30FN5O3/c1-25(2,3)34-22-13-10-18(31-15-27-28-29-31)14-21(22)30(4)20-12-11-19(24(32)33-5)23(20)16-6-8-17(26)9-7-16/h6-10,13-15,19-20,23H,11-12H2,1-5H3. The summed E-state index contributed by atoms with van der Waals surface area (Å²) in [4.78, 5) is 14.8. The largest absolute Gasteiger partial charge is 0.486 e. The van der Waals surface area contributed by atoms with Crippen molar-refractivity contribution in [3.8, 4) is 11.4 Å². The lowest BCUT2D eigenvalue weighted by molar-refractivity contribution is -0.145. The molecule has 2 aromatic carbocycles. The fraction of sp³-hybridized carbons (Fsp3) is 0.440. The van der Waals surface area contributed by atoms with E-state index in [0.717, 1.165) is 23.4 Å². The van der Waals surface area contributed by atoms with E-state index in [9.17, 15) is 9.18 Å². The zero-order valence-electron chi connectivity index (χ0n) is 20.1. The van der Waals surface area contributed by atoms with Gasteiger partial charge in [0, 0.05) is 19.0 Å². The first kappa shape index (κ1) is 23.7. The van der Waals surface area contributed by atoms with Gasteiger partial charge < -0.3 is 14.4 Å². The molecule has 1 heterocycles. The molecule has 1 saturated carbocycles. The summed E-state index contributed by atoms with van der Waals surface area (Å²) < 4.78 is 26.7. The number of likely N-dealkylation sites (N-methyl/N-ethyl adjacent to an activating group) is 1. The van der Waals surface area contributed by atoms with Crippen LogP contribution in [-0.4, -0.2) is 52.0 Å². The van der Waals surface area contributed by atoms with Gasteiger partial charge in [-0.05, 0) is 79.9 Å². The number of nitrogens with zero attached hydrogens (tertiary/aromatic N) is 5. The highest BCUT2D eigenvalue weighted by molar-refractivity contribution is 5.75. The van der Waals surface area contributed by atoms with Crippen LogP contribution in [0.25, 0.3) is 5.69 Å². The highest BCUT2D eigenvalue weighted by atomic mass is 19.1. The van der Waals surface area contributed by atoms with E-state index in [1.54, 1.807) is 16.8 Å². The molecule has 1 fully saturated rings. The molecule has 3 unspecified atom stereocenters. The Morgan fingerprint density at radius 2 is 1.88 bits per heavy atom. The number of anilines is 1. The van der Waals surface area contributed by atoms with E-state index in [2.05, 4.69) is 20.4 Å². The molecule has 9 heteroatoms. The summed E-state index contributed by atoms with van der Waals surface area (Å²) >= 11 is 0. The minimum Gasteiger partial charge on any atom is -0.486 e. The van der Waals surface area contributed by atoms with Crippen LogP contribution in [0.15, 0.2) is 48.8 Å². The Balaban J connectivity index is 1.77. The molecule has 0 radical (unpaired) electrons. The molecule has 0 spiro atoms. The second kappa shape index (κ2) is 9.40. The molecule has 0 saturated heterocycles. The topological polar surface area (TPSA) is 82.4 Å². The van der Waals surface area contributed by atoms with Crippen molar-refractivity contribution in [2.24, 2.45) is 5.92 Å². The Kier molecular flexibility index (Phi) is 6.54. The maximum absolute atomic E-state index is 13.7. The van der Waals surface area contributed by atoms with Crippen LogP contribution < -0.4 is 9.64 Å². The van der Waals surface area contributed by atoms with Gasteiger partial charge >= 0.3 is 5.97 Å². The molecular weight excluding hydrogens is 437 g/mol. The van der Waals surface area contributed by atoms with Crippen molar-refractivity contribution in [3.05, 3.63) is 60.2 Å². The molecule has 0 aliphatic heterocycles. The van der Waals surface area contributed by atoms with Gasteiger partial charge in [-0.1, -0.05) is 12.1 Å². The van der Waals surface area contributed by atoms with Gasteiger partial charge in [0.15, 0.2) is 0 Å². The molecule has 4 rings (SSSR count). The summed E-state index contributed by atoms with van der Waals surface area (Å²) in [6, 6.07) is 12.1. The van der Waals surface area contributed by atoms with Gasteiger partial charge in [0.05, 0.1) is 24.4 Å². The zero-order chi connectivity index (χ0) is 24.5. The minimum atomic E-state index is -0.410. The molecule has 180 valence electrons. The summed E-state index contributed by atoms with van der Waals surface area (Å²) in [6.07, 6.45) is 2.97. The highest BCUT2D eigenvalue weighted by Gasteiger charge is 2.44. The van der Waals surface area contributed by atoms with Crippen LogP contribution in [0, 0.1) is 11.7 Å². The Bertz CT molecular complexity index is 1130. The van der Waals surface area contributed by atoms with Crippen molar-refractivity contribution in [2.45, 2.75) is 51.2 Å². The third kappa shape index (κ3) is 4.88. The van der Waals surface area contributed by atoms with Gasteiger partial charge in [-0.3, -0.25) is 4.79 Å². The average molecular weight is 468 g/mol. The summed E-state index contributed by atoms with van der Waals surface area (Å²) in [5.74, 6) is -0.337. The number of rotatable bonds is 6. The van der Waals surface area contributed by atoms with E-state index in [1.165, 1.54) is 25.6 Å². The molecule has 1 aromatic heterocycles. The number of benzene rings is 2. The summed E-state index contributed by atoms with van der Waals surface area (Å²) in [5, 5.41) is 11.5. The molecule has 0 amide bonds. The van der Waals surface area contributed by atoms with Gasteiger partial charge in [0.1, 0.15) is 23.5 Å². The van der Waals surface area contributed by atoms with Crippen LogP contribution in [-0.2, 0) is 9.53 Å². The van der Waals surface area contributed by atoms with Gasteiger partial charge in [-0.2, -0.15) is 0 Å². The molecule has 0 N–H and O–H groups in total. The number of tetrazole rings is 1. The van der Waals surface area contributed by atoms with Crippen LogP contribution in [0.5, 0.6) is 5.75 Å². The predicted molar refractivity (Wildman–Crippen MR) is 126 cm³/mol. The lowest BCUT2D eigenvalue weighted by Gasteiger charge is -2.35. The molecule has 1 aliphatic carbocycles. The van der Waals surface area contributed by atoms with E-state index in [-0.39, 0.29) is 29.7 Å². The fourth-order valence-electron chi connectivity index (χ4n) is 4.77. The van der Waals surface area contributed by atoms with Gasteiger partial charge in [0.25, 0.3) is 0 Å². The molecule has 1 aliphatic rings. The maximum atomic E-state index is 13.7. The number of esters is 1. The SMILES string of the molecule is COC(=O)C1CCC(N(C)c2cc(-n3cnnn3)ccc2OC(C)(C)C)C1c1ccc(F)cc1. The molecule has 8 nitrogen and oxygen atoms in total. The number of methoxy groups -OCH3 is 1. The normalized spacial score (nSPS) is 20.2. The smallest absolute Gasteiger partial charge is 0.309 e. The van der Waals surface area contributed by atoms with Gasteiger partial charge in [0.2, 0.25) is 0 Å². The Labute approximate surface area is 198 Å². The third-order valence-corrected chi connectivity index (χ3v) is 6.23. The first-order chi connectivity index (χ1) is 16.2. The van der Waals surface area contributed by atoms with Gasteiger partial charge in [-0.15, -0.1) is 5.10 Å². The van der Waals surface area contributed by atoms with Crippen LogP contribution in [0.3, 0.4) is 0 Å². The van der Waals surface area contributed by atoms with E-state index >= 15 is 0 Å². The number of ether oxygens (including phenoxy) is 2. The zero-order valence-corrected chi connectivity index (χ0v) is 20.1. The number of hydrogen-bond acceptors (Lipinski definition) is 7. The fourth-order valence-corrected chi connectivity index (χ4v) is 4.77. The average Bonchev–Trinajstić information content (AvgIpc) is 3.48. The molecule has 3 atom stereocenters. The summed E-state index contributed by atoms with van der Waals surface area (Å²) in [5.41, 5.74) is 2.13. The van der Waals surface area contributed by atoms with Crippen molar-refractivity contribution in [1.29, 1.82) is 0 Å². The van der Waals surface area contributed by atoms with Crippen LogP contribution in [0.1, 0.15) is 45.1 Å². The van der Waals surface area contributed by atoms with E-state index < -0.39 is 5.60 Å². The van der Waals surface area contributed by atoms with Crippen LogP contribution in [0.2, 0.25) is 0 Å². The Morgan fingerprint density at radius 1 is 1.15 bits per heavy atom. The van der Waals surface area contributed by atoms with Crippen molar-refractivity contribution in [3.63, 3.8) is 0 Å². The third-order valence-electron chi connectivity index (χ3n) is 6.23. The molecule has 0 bridgehead atoms. The molecule has 34 heavy (non-hydrogen) atoms. The van der Waals surface area contributed by atoms with Gasteiger partial charge in [-0.25, -0.2) is 9.07 Å². The minimum absolute atomic E-state index is 0.0407. The summed E-state index contributed by atoms with van der Waals surface area (Å²) in [7, 11) is 3.40. The van der Waals surface area contributed by atoms with Crippen molar-refractivity contribution in [1.82, 2.24) is 20.2 Å². The number of aromatic nitrogens is 4. The molecular formula is C25H30FN5O3. The number of carbonyl (C=O) groups is 1. The summed E-state index contributed by atoms with van der Waals surface area (Å²) in [6.45, 7) is 5.99. The maximum Gasteiger partial charge on any atom is 0.309 e. The lowest BCUT2D eigenvalue weighted by Crippen LogP contribution is -2.37. The number of halogens is 1. The van der Waals surface area contributed by atoms with E-state index in [0.29, 0.717) is 12.2 Å². The quantitative estimate of drug-likeness (QED) is 0.504.